The Hall–Kier alpha value is 0.150. The van der Waals surface area contributed by atoms with Gasteiger partial charge in [-0.15, -0.1) is 0 Å². The number of hydrogen-bond acceptors (Lipinski definition) is 3. The molecule has 0 N–H and O–H groups in total. The molecule has 0 amide bonds. The van der Waals surface area contributed by atoms with Gasteiger partial charge >= 0.3 is 0 Å². The standard InChI is InChI=1S/C16H35O3P/c1-4-7-8-9-10-11-12-13-14-15-16(5-2,6-3)20(17,18)19/h4-15H2,1-3H3,(H2,17,18,19)/p-2. The summed E-state index contributed by atoms with van der Waals surface area (Å²) >= 11 is 0. The molecule has 0 heterocycles. The summed E-state index contributed by atoms with van der Waals surface area (Å²) in [5.41, 5.74) is 0. The third kappa shape index (κ3) is 7.24. The maximum atomic E-state index is 11.5. The van der Waals surface area contributed by atoms with Crippen LogP contribution in [-0.4, -0.2) is 5.16 Å². The van der Waals surface area contributed by atoms with E-state index in [9.17, 15) is 14.4 Å². The van der Waals surface area contributed by atoms with Crippen LogP contribution in [0.15, 0.2) is 0 Å². The first kappa shape index (κ1) is 20.1. The fourth-order valence-electron chi connectivity index (χ4n) is 2.89. The van der Waals surface area contributed by atoms with Gasteiger partial charge in [0, 0.05) is 0 Å². The van der Waals surface area contributed by atoms with Crippen LogP contribution in [0.2, 0.25) is 0 Å². The van der Waals surface area contributed by atoms with E-state index in [1.807, 2.05) is 13.8 Å². The first-order chi connectivity index (χ1) is 9.43. The Morgan fingerprint density at radius 2 is 1.15 bits per heavy atom. The highest BCUT2D eigenvalue weighted by molar-refractivity contribution is 7.50. The van der Waals surface area contributed by atoms with E-state index in [1.165, 1.54) is 38.5 Å². The van der Waals surface area contributed by atoms with Gasteiger partial charge in [-0.2, -0.15) is 0 Å². The lowest BCUT2D eigenvalue weighted by Gasteiger charge is -2.49. The molecule has 0 unspecified atom stereocenters. The van der Waals surface area contributed by atoms with E-state index in [0.29, 0.717) is 19.3 Å². The molecule has 0 aliphatic carbocycles. The van der Waals surface area contributed by atoms with Crippen molar-refractivity contribution in [2.24, 2.45) is 0 Å². The number of unbranched alkanes of at least 4 members (excludes halogenated alkanes) is 8. The highest BCUT2D eigenvalue weighted by Crippen LogP contribution is 2.50. The van der Waals surface area contributed by atoms with E-state index in [-0.39, 0.29) is 0 Å². The van der Waals surface area contributed by atoms with Gasteiger partial charge in [-0.1, -0.05) is 86.2 Å². The van der Waals surface area contributed by atoms with Gasteiger partial charge in [-0.05, 0) is 24.4 Å². The smallest absolute Gasteiger partial charge is 0.00248 e. The predicted octanol–water partition coefficient (Wildman–Crippen LogP) is 4.38. The topological polar surface area (TPSA) is 63.2 Å². The first-order valence-corrected chi connectivity index (χ1v) is 10.00. The molecular formula is C16H33O3P-2. The molecule has 0 atom stereocenters. The molecule has 0 aromatic rings. The summed E-state index contributed by atoms with van der Waals surface area (Å²) in [7, 11) is -4.48. The molecule has 0 saturated heterocycles. The molecule has 0 fully saturated rings. The van der Waals surface area contributed by atoms with Gasteiger partial charge in [-0.25, -0.2) is 0 Å². The van der Waals surface area contributed by atoms with E-state index in [1.54, 1.807) is 0 Å². The molecular weight excluding hydrogens is 271 g/mol. The minimum Gasteiger partial charge on any atom is -0.810 e. The van der Waals surface area contributed by atoms with Gasteiger partial charge in [0.1, 0.15) is 0 Å². The van der Waals surface area contributed by atoms with Gasteiger partial charge in [0.25, 0.3) is 0 Å². The summed E-state index contributed by atoms with van der Waals surface area (Å²) < 4.78 is 11.5. The quantitative estimate of drug-likeness (QED) is 0.374. The molecule has 4 heteroatoms. The normalized spacial score (nSPS) is 12.8. The third-order valence-electron chi connectivity index (χ3n) is 4.64. The Morgan fingerprint density at radius 3 is 1.50 bits per heavy atom. The number of rotatable bonds is 13. The SMILES string of the molecule is CCCCCCCCCCCC(CC)(CC)P(=O)([O-])[O-]. The van der Waals surface area contributed by atoms with Crippen LogP contribution in [0.4, 0.5) is 0 Å². The van der Waals surface area contributed by atoms with E-state index >= 15 is 0 Å². The minimum absolute atomic E-state index is 0.449. The molecule has 0 aliphatic heterocycles. The monoisotopic (exact) mass is 304 g/mol. The Balaban J connectivity index is 3.79. The van der Waals surface area contributed by atoms with Crippen molar-refractivity contribution in [2.45, 2.75) is 103 Å². The lowest BCUT2D eigenvalue weighted by atomic mass is 9.94. The molecule has 3 nitrogen and oxygen atoms in total. The van der Waals surface area contributed by atoms with Crippen LogP contribution in [0.3, 0.4) is 0 Å². The van der Waals surface area contributed by atoms with E-state index in [2.05, 4.69) is 6.92 Å². The van der Waals surface area contributed by atoms with Crippen molar-refractivity contribution in [3.05, 3.63) is 0 Å². The molecule has 20 heavy (non-hydrogen) atoms. The largest absolute Gasteiger partial charge is 0.810 e. The maximum Gasteiger partial charge on any atom is -0.00248 e. The maximum absolute atomic E-state index is 11.5. The van der Waals surface area contributed by atoms with Crippen molar-refractivity contribution >= 4 is 7.60 Å². The molecule has 0 aromatic heterocycles. The van der Waals surface area contributed by atoms with Crippen molar-refractivity contribution in [1.29, 1.82) is 0 Å². The zero-order chi connectivity index (χ0) is 15.5. The van der Waals surface area contributed by atoms with Crippen molar-refractivity contribution in [1.82, 2.24) is 0 Å². The van der Waals surface area contributed by atoms with Crippen LogP contribution in [-0.2, 0) is 4.57 Å². The Morgan fingerprint density at radius 1 is 0.750 bits per heavy atom. The second-order valence-corrected chi connectivity index (χ2v) is 7.95. The summed E-state index contributed by atoms with van der Waals surface area (Å²) in [6.45, 7) is 5.86. The van der Waals surface area contributed by atoms with E-state index in [0.717, 1.165) is 19.3 Å². The summed E-state index contributed by atoms with van der Waals surface area (Å²) in [4.78, 5) is 22.9. The molecule has 0 saturated carbocycles. The second kappa shape index (κ2) is 10.8. The Labute approximate surface area is 125 Å². The van der Waals surface area contributed by atoms with Gasteiger partial charge in [0.2, 0.25) is 0 Å². The fourth-order valence-corrected chi connectivity index (χ4v) is 4.10. The lowest BCUT2D eigenvalue weighted by molar-refractivity contribution is -0.321. The molecule has 0 aliphatic rings. The summed E-state index contributed by atoms with van der Waals surface area (Å²) in [5, 5.41) is -0.992. The van der Waals surface area contributed by atoms with Crippen molar-refractivity contribution in [2.75, 3.05) is 0 Å². The van der Waals surface area contributed by atoms with Crippen molar-refractivity contribution < 1.29 is 14.4 Å². The average Bonchev–Trinajstić information content (AvgIpc) is 2.40. The van der Waals surface area contributed by atoms with Gasteiger partial charge in [0.15, 0.2) is 0 Å². The molecule has 0 aromatic carbocycles. The van der Waals surface area contributed by atoms with Crippen LogP contribution in [0.5, 0.6) is 0 Å². The summed E-state index contributed by atoms with van der Waals surface area (Å²) in [5.74, 6) is 0. The van der Waals surface area contributed by atoms with Gasteiger partial charge < -0.3 is 14.4 Å². The Kier molecular flexibility index (Phi) is 10.9. The van der Waals surface area contributed by atoms with Crippen LogP contribution in [0.25, 0.3) is 0 Å². The van der Waals surface area contributed by atoms with Gasteiger partial charge in [0.05, 0.1) is 0 Å². The van der Waals surface area contributed by atoms with Gasteiger partial charge in [-0.3, -0.25) is 0 Å². The minimum atomic E-state index is -4.48. The lowest BCUT2D eigenvalue weighted by Crippen LogP contribution is -2.38. The van der Waals surface area contributed by atoms with Crippen molar-refractivity contribution in [3.63, 3.8) is 0 Å². The van der Waals surface area contributed by atoms with Crippen LogP contribution >= 0.6 is 7.60 Å². The Bertz CT molecular complexity index is 269. The van der Waals surface area contributed by atoms with Crippen LogP contribution in [0.1, 0.15) is 97.8 Å². The summed E-state index contributed by atoms with van der Waals surface area (Å²) in [6.07, 6.45) is 12.3. The molecule has 122 valence electrons. The van der Waals surface area contributed by atoms with E-state index in [4.69, 9.17) is 0 Å². The average molecular weight is 304 g/mol. The van der Waals surface area contributed by atoms with Crippen molar-refractivity contribution in [3.8, 4) is 0 Å². The molecule has 0 radical (unpaired) electrons. The predicted molar refractivity (Wildman–Crippen MR) is 82.8 cm³/mol. The first-order valence-electron chi connectivity index (χ1n) is 8.45. The van der Waals surface area contributed by atoms with E-state index < -0.39 is 12.8 Å². The molecule has 0 bridgehead atoms. The third-order valence-corrected chi connectivity index (χ3v) is 6.66. The number of hydrogen-bond donors (Lipinski definition) is 0. The molecule has 0 spiro atoms. The zero-order valence-corrected chi connectivity index (χ0v) is 14.6. The second-order valence-electron chi connectivity index (χ2n) is 6.01. The fraction of sp³-hybridized carbons (Fsp3) is 1.00. The highest BCUT2D eigenvalue weighted by Gasteiger charge is 2.29. The summed E-state index contributed by atoms with van der Waals surface area (Å²) in [6, 6.07) is 0. The van der Waals surface area contributed by atoms with Crippen LogP contribution in [0, 0.1) is 0 Å². The zero-order valence-electron chi connectivity index (χ0n) is 13.7. The highest BCUT2D eigenvalue weighted by atomic mass is 31.2. The molecule has 0 rings (SSSR count). The van der Waals surface area contributed by atoms with Crippen LogP contribution < -0.4 is 9.79 Å².